The van der Waals surface area contributed by atoms with Crippen molar-refractivity contribution < 1.29 is 14.3 Å². The molecular formula is C19H25ClN4O5. The number of carbonyl (C=O) groups is 1. The maximum absolute atomic E-state index is 12.8. The lowest BCUT2D eigenvalue weighted by Gasteiger charge is -2.24. The van der Waals surface area contributed by atoms with Crippen LogP contribution in [0, 0.1) is 5.92 Å². The van der Waals surface area contributed by atoms with Crippen molar-refractivity contribution in [2.75, 3.05) is 37.5 Å². The van der Waals surface area contributed by atoms with Crippen LogP contribution in [-0.4, -0.2) is 42.3 Å². The quantitative estimate of drug-likeness (QED) is 0.629. The Hall–Kier alpha value is -2.78. The number of hydrogen-bond acceptors (Lipinski definition) is 6. The molecule has 2 rings (SSSR count). The number of benzene rings is 1. The summed E-state index contributed by atoms with van der Waals surface area (Å²) in [6, 6.07) is 6.52. The standard InChI is InChI=1S/C19H25ClN4O5/c1-12(2)10-24-17(21)16(18(26)22-19(24)27)23(8-9-28-3)15(25)11-29-14-6-4-13(20)5-7-14/h4-7,12H,8-11,21H2,1-3H3,(H,22,26,27). The van der Waals surface area contributed by atoms with Gasteiger partial charge < -0.3 is 15.2 Å². The van der Waals surface area contributed by atoms with E-state index < -0.39 is 17.2 Å². The predicted octanol–water partition coefficient (Wildman–Crippen LogP) is 1.49. The zero-order chi connectivity index (χ0) is 21.6. The summed E-state index contributed by atoms with van der Waals surface area (Å²) in [6.45, 7) is 3.99. The fourth-order valence-electron chi connectivity index (χ4n) is 2.68. The molecule has 0 radical (unpaired) electrons. The zero-order valence-corrected chi connectivity index (χ0v) is 17.4. The maximum atomic E-state index is 12.8. The minimum atomic E-state index is -0.747. The van der Waals surface area contributed by atoms with Gasteiger partial charge in [0, 0.05) is 25.2 Å². The largest absolute Gasteiger partial charge is 0.484 e. The number of H-pyrrole nitrogens is 1. The van der Waals surface area contributed by atoms with Crippen molar-refractivity contribution in [2.45, 2.75) is 20.4 Å². The van der Waals surface area contributed by atoms with Gasteiger partial charge in [0.25, 0.3) is 11.5 Å². The molecule has 0 unspecified atom stereocenters. The molecule has 0 aliphatic heterocycles. The molecule has 1 aromatic carbocycles. The number of rotatable bonds is 9. The number of amides is 1. The van der Waals surface area contributed by atoms with Gasteiger partial charge in [-0.25, -0.2) is 4.79 Å². The van der Waals surface area contributed by atoms with Gasteiger partial charge >= 0.3 is 5.69 Å². The van der Waals surface area contributed by atoms with Crippen LogP contribution in [0.15, 0.2) is 33.9 Å². The fourth-order valence-corrected chi connectivity index (χ4v) is 2.81. The summed E-state index contributed by atoms with van der Waals surface area (Å²) >= 11 is 5.84. The number of aromatic amines is 1. The smallest absolute Gasteiger partial charge is 0.330 e. The molecular weight excluding hydrogens is 400 g/mol. The number of nitrogens with zero attached hydrogens (tertiary/aromatic N) is 2. The molecule has 1 amide bonds. The second-order valence-corrected chi connectivity index (χ2v) is 7.21. The van der Waals surface area contributed by atoms with E-state index in [0.29, 0.717) is 17.3 Å². The summed E-state index contributed by atoms with van der Waals surface area (Å²) < 4.78 is 11.8. The van der Waals surface area contributed by atoms with Crippen molar-refractivity contribution in [2.24, 2.45) is 5.92 Å². The van der Waals surface area contributed by atoms with Crippen LogP contribution in [0.2, 0.25) is 5.02 Å². The first kappa shape index (κ1) is 22.5. The summed E-state index contributed by atoms with van der Waals surface area (Å²) in [7, 11) is 1.47. The van der Waals surface area contributed by atoms with E-state index in [1.807, 2.05) is 13.8 Å². The molecule has 0 saturated carbocycles. The Morgan fingerprint density at radius 3 is 2.52 bits per heavy atom. The average molecular weight is 425 g/mol. The molecule has 0 atom stereocenters. The fraction of sp³-hybridized carbons (Fsp3) is 0.421. The van der Waals surface area contributed by atoms with Gasteiger partial charge in [-0.1, -0.05) is 25.4 Å². The highest BCUT2D eigenvalue weighted by Crippen LogP contribution is 2.19. The number of carbonyl (C=O) groups excluding carboxylic acids is 1. The first-order chi connectivity index (χ1) is 13.7. The molecule has 0 saturated heterocycles. The van der Waals surface area contributed by atoms with Crippen molar-refractivity contribution in [1.82, 2.24) is 9.55 Å². The molecule has 0 spiro atoms. The van der Waals surface area contributed by atoms with Gasteiger partial charge in [0.1, 0.15) is 11.6 Å². The molecule has 2 aromatic rings. The van der Waals surface area contributed by atoms with Crippen molar-refractivity contribution in [3.63, 3.8) is 0 Å². The van der Waals surface area contributed by atoms with E-state index in [0.717, 1.165) is 0 Å². The summed E-state index contributed by atoms with van der Waals surface area (Å²) in [5.74, 6) is -0.0430. The minimum Gasteiger partial charge on any atom is -0.484 e. The van der Waals surface area contributed by atoms with Crippen LogP contribution in [0.3, 0.4) is 0 Å². The molecule has 0 aliphatic carbocycles. The number of nitrogens with two attached hydrogens (primary N) is 1. The highest BCUT2D eigenvalue weighted by Gasteiger charge is 2.24. The Morgan fingerprint density at radius 2 is 1.93 bits per heavy atom. The lowest BCUT2D eigenvalue weighted by molar-refractivity contribution is -0.120. The molecule has 0 bridgehead atoms. The highest BCUT2D eigenvalue weighted by atomic mass is 35.5. The minimum absolute atomic E-state index is 0.0620. The average Bonchev–Trinajstić information content (AvgIpc) is 2.66. The van der Waals surface area contributed by atoms with Gasteiger partial charge in [-0.2, -0.15) is 0 Å². The lowest BCUT2D eigenvalue weighted by Crippen LogP contribution is -2.44. The molecule has 1 heterocycles. The number of aromatic nitrogens is 2. The number of hydrogen-bond donors (Lipinski definition) is 2. The van der Waals surface area contributed by atoms with Gasteiger partial charge in [-0.05, 0) is 30.2 Å². The summed E-state index contributed by atoms with van der Waals surface area (Å²) in [5, 5.41) is 0.539. The lowest BCUT2D eigenvalue weighted by atomic mass is 10.2. The predicted molar refractivity (Wildman–Crippen MR) is 112 cm³/mol. The van der Waals surface area contributed by atoms with Crippen LogP contribution in [0.4, 0.5) is 11.5 Å². The first-order valence-electron chi connectivity index (χ1n) is 9.04. The molecule has 0 aliphatic rings. The first-order valence-corrected chi connectivity index (χ1v) is 9.42. The van der Waals surface area contributed by atoms with E-state index in [9.17, 15) is 14.4 Å². The molecule has 158 valence electrons. The highest BCUT2D eigenvalue weighted by molar-refractivity contribution is 6.30. The third-order valence-corrected chi connectivity index (χ3v) is 4.28. The molecule has 9 nitrogen and oxygen atoms in total. The Kier molecular flexibility index (Phi) is 7.86. The van der Waals surface area contributed by atoms with Gasteiger partial charge in [-0.3, -0.25) is 24.0 Å². The molecule has 1 aromatic heterocycles. The Labute approximate surface area is 173 Å². The zero-order valence-electron chi connectivity index (χ0n) is 16.6. The van der Waals surface area contributed by atoms with Crippen LogP contribution < -0.4 is 26.6 Å². The number of ether oxygens (including phenoxy) is 2. The summed E-state index contributed by atoms with van der Waals surface area (Å²) in [5.41, 5.74) is 4.65. The second kappa shape index (κ2) is 10.1. The second-order valence-electron chi connectivity index (χ2n) is 6.78. The van der Waals surface area contributed by atoms with Crippen LogP contribution in [0.1, 0.15) is 13.8 Å². The normalized spacial score (nSPS) is 10.9. The van der Waals surface area contributed by atoms with Crippen molar-refractivity contribution >= 4 is 29.0 Å². The SMILES string of the molecule is COCCN(C(=O)COc1ccc(Cl)cc1)c1c(N)n(CC(C)C)c(=O)[nH]c1=O. The Balaban J connectivity index is 2.35. The van der Waals surface area contributed by atoms with E-state index in [2.05, 4.69) is 4.98 Å². The molecule has 0 fully saturated rings. The summed E-state index contributed by atoms with van der Waals surface area (Å²) in [6.07, 6.45) is 0. The van der Waals surface area contributed by atoms with Crippen molar-refractivity contribution in [3.05, 3.63) is 50.1 Å². The monoisotopic (exact) mass is 424 g/mol. The number of anilines is 2. The number of nitrogen functional groups attached to an aromatic ring is 1. The van der Waals surface area contributed by atoms with Gasteiger partial charge in [0.2, 0.25) is 0 Å². The third-order valence-electron chi connectivity index (χ3n) is 4.03. The Morgan fingerprint density at radius 1 is 1.28 bits per heavy atom. The molecule has 3 N–H and O–H groups in total. The van der Waals surface area contributed by atoms with Crippen molar-refractivity contribution in [3.8, 4) is 5.75 Å². The van der Waals surface area contributed by atoms with E-state index in [1.54, 1.807) is 24.3 Å². The van der Waals surface area contributed by atoms with Gasteiger partial charge in [0.05, 0.1) is 6.61 Å². The topological polar surface area (TPSA) is 120 Å². The van der Waals surface area contributed by atoms with Gasteiger partial charge in [-0.15, -0.1) is 0 Å². The van der Waals surface area contributed by atoms with Crippen LogP contribution in [0.5, 0.6) is 5.75 Å². The van der Waals surface area contributed by atoms with Crippen molar-refractivity contribution in [1.29, 1.82) is 0 Å². The summed E-state index contributed by atoms with van der Waals surface area (Å²) in [4.78, 5) is 40.9. The van der Waals surface area contributed by atoms with E-state index in [4.69, 9.17) is 26.8 Å². The van der Waals surface area contributed by atoms with Gasteiger partial charge in [0.15, 0.2) is 12.3 Å². The number of nitrogens with one attached hydrogen (secondary N) is 1. The number of methoxy groups -OCH3 is 1. The van der Waals surface area contributed by atoms with Crippen LogP contribution in [0.25, 0.3) is 0 Å². The van der Waals surface area contributed by atoms with E-state index in [1.165, 1.54) is 16.6 Å². The molecule has 29 heavy (non-hydrogen) atoms. The molecule has 10 heteroatoms. The maximum Gasteiger partial charge on any atom is 0.330 e. The number of halogens is 1. The Bertz CT molecular complexity index is 953. The van der Waals surface area contributed by atoms with E-state index in [-0.39, 0.29) is 37.2 Å². The third kappa shape index (κ3) is 5.85. The van der Waals surface area contributed by atoms with Crippen LogP contribution in [-0.2, 0) is 16.1 Å². The van der Waals surface area contributed by atoms with Crippen LogP contribution >= 0.6 is 11.6 Å². The van der Waals surface area contributed by atoms with E-state index >= 15 is 0 Å².